The molecule has 0 aromatic heterocycles. The van der Waals surface area contributed by atoms with E-state index in [0.29, 0.717) is 13.1 Å². The fourth-order valence-corrected chi connectivity index (χ4v) is 3.44. The summed E-state index contributed by atoms with van der Waals surface area (Å²) in [6.45, 7) is 5.18. The molecule has 2 N–H and O–H groups in total. The van der Waals surface area contributed by atoms with Gasteiger partial charge < -0.3 is 5.32 Å². The Balaban J connectivity index is 2.38. The van der Waals surface area contributed by atoms with Crippen LogP contribution in [0.15, 0.2) is 4.99 Å². The molecule has 1 heterocycles. The fourth-order valence-electron chi connectivity index (χ4n) is 1.61. The van der Waals surface area contributed by atoms with Crippen molar-refractivity contribution in [2.75, 3.05) is 25.1 Å². The Hall–Kier alpha value is -0.270. The van der Waals surface area contributed by atoms with Gasteiger partial charge in [-0.05, 0) is 12.8 Å². The van der Waals surface area contributed by atoms with E-state index < -0.39 is 10.0 Å². The molecule has 0 aromatic rings. The van der Waals surface area contributed by atoms with Gasteiger partial charge in [0.1, 0.15) is 0 Å². The molecule has 1 aliphatic rings. The number of thioether (sulfide) groups is 1. The van der Waals surface area contributed by atoms with Crippen molar-refractivity contribution in [2.45, 2.75) is 32.2 Å². The molecule has 0 spiro atoms. The van der Waals surface area contributed by atoms with Crippen molar-refractivity contribution in [1.82, 2.24) is 10.0 Å². The van der Waals surface area contributed by atoms with E-state index in [0.717, 1.165) is 30.0 Å². The molecule has 0 atom stereocenters. The largest absolute Gasteiger partial charge is 0.359 e. The minimum atomic E-state index is -3.10. The van der Waals surface area contributed by atoms with Crippen LogP contribution in [0.25, 0.3) is 0 Å². The number of hydrogen-bond donors (Lipinski definition) is 2. The van der Waals surface area contributed by atoms with Crippen LogP contribution >= 0.6 is 11.8 Å². The molecule has 1 rings (SSSR count). The lowest BCUT2D eigenvalue weighted by atomic mass is 9.96. The van der Waals surface area contributed by atoms with Crippen molar-refractivity contribution in [3.8, 4) is 0 Å². The number of hydrogen-bond acceptors (Lipinski definition) is 4. The first kappa shape index (κ1) is 14.8. The summed E-state index contributed by atoms with van der Waals surface area (Å²) in [6, 6.07) is 0. The van der Waals surface area contributed by atoms with Gasteiger partial charge in [-0.2, -0.15) is 0 Å². The van der Waals surface area contributed by atoms with Crippen LogP contribution in [0.4, 0.5) is 0 Å². The van der Waals surface area contributed by atoms with Gasteiger partial charge in [0, 0.05) is 17.8 Å². The standard InChI is InChI=1S/C10H21N3O2S2/c1-4-10(5-2)8-16-9(13-10)11-6-7-12-17(3,14)15/h12H,4-8H2,1-3H3,(H,11,13). The van der Waals surface area contributed by atoms with E-state index in [-0.39, 0.29) is 5.54 Å². The molecule has 0 aromatic carbocycles. The number of amidine groups is 1. The summed E-state index contributed by atoms with van der Waals surface area (Å²) in [5, 5.41) is 4.37. The van der Waals surface area contributed by atoms with Crippen LogP contribution in [-0.2, 0) is 10.0 Å². The van der Waals surface area contributed by atoms with E-state index in [2.05, 4.69) is 28.9 Å². The second-order valence-electron chi connectivity index (χ2n) is 4.25. The number of rotatable bonds is 6. The van der Waals surface area contributed by atoms with Gasteiger partial charge in [0.15, 0.2) is 5.17 Å². The highest BCUT2D eigenvalue weighted by Gasteiger charge is 2.33. The quantitative estimate of drug-likeness (QED) is 0.705. The van der Waals surface area contributed by atoms with Crippen LogP contribution < -0.4 is 10.0 Å². The molecule has 100 valence electrons. The minimum Gasteiger partial charge on any atom is -0.359 e. The lowest BCUT2D eigenvalue weighted by molar-refractivity contribution is 0.407. The average Bonchev–Trinajstić information content (AvgIpc) is 2.68. The molecule has 0 saturated carbocycles. The highest BCUT2D eigenvalue weighted by Crippen LogP contribution is 2.28. The third kappa shape index (κ3) is 4.85. The molecule has 1 fully saturated rings. The van der Waals surface area contributed by atoms with Crippen LogP contribution in [-0.4, -0.2) is 44.2 Å². The summed E-state index contributed by atoms with van der Waals surface area (Å²) in [6.07, 6.45) is 3.32. The van der Waals surface area contributed by atoms with Gasteiger partial charge in [-0.25, -0.2) is 13.1 Å². The molecular weight excluding hydrogens is 258 g/mol. The molecule has 0 aliphatic carbocycles. The smallest absolute Gasteiger partial charge is 0.208 e. The topological polar surface area (TPSA) is 70.6 Å². The third-order valence-corrected chi connectivity index (χ3v) is 4.87. The summed E-state index contributed by atoms with van der Waals surface area (Å²) in [4.78, 5) is 4.36. The predicted molar refractivity (Wildman–Crippen MR) is 74.1 cm³/mol. The normalized spacial score (nSPS) is 21.7. The van der Waals surface area contributed by atoms with E-state index in [1.54, 1.807) is 11.8 Å². The molecular formula is C10H21N3O2S2. The van der Waals surface area contributed by atoms with E-state index in [9.17, 15) is 8.42 Å². The molecule has 17 heavy (non-hydrogen) atoms. The predicted octanol–water partition coefficient (Wildman–Crippen LogP) is 0.787. The molecule has 0 radical (unpaired) electrons. The fraction of sp³-hybridized carbons (Fsp3) is 0.900. The van der Waals surface area contributed by atoms with Crippen LogP contribution in [0.2, 0.25) is 0 Å². The van der Waals surface area contributed by atoms with Crippen LogP contribution in [0.5, 0.6) is 0 Å². The van der Waals surface area contributed by atoms with Crippen LogP contribution in [0.1, 0.15) is 26.7 Å². The Morgan fingerprint density at radius 1 is 1.47 bits per heavy atom. The summed E-state index contributed by atoms with van der Waals surface area (Å²) >= 11 is 1.72. The average molecular weight is 279 g/mol. The first-order valence-electron chi connectivity index (χ1n) is 5.81. The molecule has 1 saturated heterocycles. The van der Waals surface area contributed by atoms with E-state index in [4.69, 9.17) is 0 Å². The lowest BCUT2D eigenvalue weighted by Crippen LogP contribution is -2.42. The first-order valence-corrected chi connectivity index (χ1v) is 8.68. The monoisotopic (exact) mass is 279 g/mol. The Morgan fingerprint density at radius 3 is 2.59 bits per heavy atom. The number of nitrogens with zero attached hydrogens (tertiary/aromatic N) is 1. The van der Waals surface area contributed by atoms with Gasteiger partial charge in [0.25, 0.3) is 0 Å². The highest BCUT2D eigenvalue weighted by atomic mass is 32.2. The number of aliphatic imine (C=N–C) groups is 1. The summed E-state index contributed by atoms with van der Waals surface area (Å²) < 4.78 is 24.1. The Labute approximate surface area is 108 Å². The summed E-state index contributed by atoms with van der Waals surface area (Å²) in [7, 11) is -3.10. The SMILES string of the molecule is CCC1(CC)CSC(=NCCNS(C)(=O)=O)N1. The second-order valence-corrected chi connectivity index (χ2v) is 7.05. The van der Waals surface area contributed by atoms with Crippen molar-refractivity contribution in [1.29, 1.82) is 0 Å². The molecule has 1 aliphatic heterocycles. The highest BCUT2D eigenvalue weighted by molar-refractivity contribution is 8.14. The van der Waals surface area contributed by atoms with Crippen molar-refractivity contribution in [3.63, 3.8) is 0 Å². The Bertz CT molecular complexity index is 375. The Morgan fingerprint density at radius 2 is 2.12 bits per heavy atom. The number of nitrogens with one attached hydrogen (secondary N) is 2. The summed E-state index contributed by atoms with van der Waals surface area (Å²) in [5.41, 5.74) is 0.174. The van der Waals surface area contributed by atoms with Crippen molar-refractivity contribution in [3.05, 3.63) is 0 Å². The van der Waals surface area contributed by atoms with Gasteiger partial charge in [0.05, 0.1) is 12.8 Å². The van der Waals surface area contributed by atoms with E-state index in [1.165, 1.54) is 0 Å². The molecule has 0 bridgehead atoms. The van der Waals surface area contributed by atoms with Crippen molar-refractivity contribution in [2.24, 2.45) is 4.99 Å². The van der Waals surface area contributed by atoms with Gasteiger partial charge in [-0.15, -0.1) is 0 Å². The summed E-state index contributed by atoms with van der Waals surface area (Å²) in [5.74, 6) is 1.04. The third-order valence-electron chi connectivity index (χ3n) is 2.94. The molecule has 5 nitrogen and oxygen atoms in total. The zero-order valence-electron chi connectivity index (χ0n) is 10.6. The number of sulfonamides is 1. The second kappa shape index (κ2) is 6.06. The molecule has 0 amide bonds. The maximum atomic E-state index is 10.8. The first-order chi connectivity index (χ1) is 7.91. The zero-order valence-corrected chi connectivity index (χ0v) is 12.2. The van der Waals surface area contributed by atoms with E-state index in [1.807, 2.05) is 0 Å². The van der Waals surface area contributed by atoms with Gasteiger partial charge in [-0.3, -0.25) is 4.99 Å². The van der Waals surface area contributed by atoms with Gasteiger partial charge in [-0.1, -0.05) is 25.6 Å². The van der Waals surface area contributed by atoms with E-state index >= 15 is 0 Å². The van der Waals surface area contributed by atoms with Crippen molar-refractivity contribution >= 4 is 27.0 Å². The van der Waals surface area contributed by atoms with Gasteiger partial charge >= 0.3 is 0 Å². The van der Waals surface area contributed by atoms with Crippen molar-refractivity contribution < 1.29 is 8.42 Å². The maximum Gasteiger partial charge on any atom is 0.208 e. The molecule has 7 heteroatoms. The lowest BCUT2D eigenvalue weighted by Gasteiger charge is -2.25. The Kier molecular flexibility index (Phi) is 5.27. The minimum absolute atomic E-state index is 0.174. The zero-order chi connectivity index (χ0) is 12.9. The maximum absolute atomic E-state index is 10.8. The van der Waals surface area contributed by atoms with Crippen LogP contribution in [0.3, 0.4) is 0 Å². The van der Waals surface area contributed by atoms with Gasteiger partial charge in [0.2, 0.25) is 10.0 Å². The van der Waals surface area contributed by atoms with Crippen LogP contribution in [0, 0.1) is 0 Å². The molecule has 0 unspecified atom stereocenters.